The Morgan fingerprint density at radius 3 is 2.63 bits per heavy atom. The van der Waals surface area contributed by atoms with Crippen molar-refractivity contribution < 1.29 is 23.8 Å². The van der Waals surface area contributed by atoms with E-state index in [1.807, 2.05) is 20.8 Å². The lowest BCUT2D eigenvalue weighted by atomic mass is 10.0. The number of likely N-dealkylation sites (tertiary alicyclic amines) is 1. The summed E-state index contributed by atoms with van der Waals surface area (Å²) in [6.07, 6.45) is 5.70. The predicted molar refractivity (Wildman–Crippen MR) is 166 cm³/mol. The summed E-state index contributed by atoms with van der Waals surface area (Å²) in [5.41, 5.74) is 6.15. The Labute approximate surface area is 254 Å². The highest BCUT2D eigenvalue weighted by atomic mass is 32.2. The lowest BCUT2D eigenvalue weighted by Gasteiger charge is -2.36. The van der Waals surface area contributed by atoms with Gasteiger partial charge in [-0.05, 0) is 76.4 Å². The molecule has 2 aliphatic heterocycles. The summed E-state index contributed by atoms with van der Waals surface area (Å²) in [7, 11) is 0. The number of nitrogens with two attached hydrogens (primary N) is 1. The van der Waals surface area contributed by atoms with E-state index in [1.54, 1.807) is 59.8 Å². The molecule has 0 saturated carbocycles. The summed E-state index contributed by atoms with van der Waals surface area (Å²) < 4.78 is 17.9. The van der Waals surface area contributed by atoms with E-state index in [-0.39, 0.29) is 18.7 Å². The molecule has 11 nitrogen and oxygen atoms in total. The van der Waals surface area contributed by atoms with Crippen molar-refractivity contribution in [2.24, 2.45) is 10.7 Å². The SMILES string of the molecule is CC(C)(C)OC(=O)N1CCCCC1COc1cc2nccc(Oc3ccc(N(C(N)=O)C4N=CCS4)cc3)c2cc1C#N. The normalized spacial score (nSPS) is 18.2. The smallest absolute Gasteiger partial charge is 0.410 e. The van der Waals surface area contributed by atoms with Crippen LogP contribution in [0.1, 0.15) is 45.6 Å². The van der Waals surface area contributed by atoms with Crippen LogP contribution in [0.3, 0.4) is 0 Å². The maximum Gasteiger partial charge on any atom is 0.410 e. The minimum absolute atomic E-state index is 0.166. The van der Waals surface area contributed by atoms with Gasteiger partial charge in [-0.25, -0.2) is 9.59 Å². The van der Waals surface area contributed by atoms with Gasteiger partial charge in [-0.15, -0.1) is 11.8 Å². The number of piperidine rings is 1. The second kappa shape index (κ2) is 12.8. The highest BCUT2D eigenvalue weighted by Crippen LogP contribution is 2.35. The van der Waals surface area contributed by atoms with Gasteiger partial charge in [0.2, 0.25) is 0 Å². The summed E-state index contributed by atoms with van der Waals surface area (Å²) >= 11 is 1.51. The van der Waals surface area contributed by atoms with Gasteiger partial charge in [0.25, 0.3) is 0 Å². The van der Waals surface area contributed by atoms with Crippen LogP contribution in [-0.2, 0) is 4.74 Å². The summed E-state index contributed by atoms with van der Waals surface area (Å²) in [5.74, 6) is 2.14. The van der Waals surface area contributed by atoms with E-state index < -0.39 is 17.1 Å². The lowest BCUT2D eigenvalue weighted by molar-refractivity contribution is 0.00359. The Balaban J connectivity index is 1.33. The summed E-state index contributed by atoms with van der Waals surface area (Å²) in [6, 6.07) is 13.6. The number of thioether (sulfide) groups is 1. The van der Waals surface area contributed by atoms with E-state index in [0.29, 0.717) is 51.7 Å². The molecule has 2 unspecified atom stereocenters. The van der Waals surface area contributed by atoms with Crippen LogP contribution in [0.5, 0.6) is 17.2 Å². The van der Waals surface area contributed by atoms with Crippen molar-refractivity contribution in [2.45, 2.75) is 57.2 Å². The lowest BCUT2D eigenvalue weighted by Crippen LogP contribution is -2.48. The fourth-order valence-corrected chi connectivity index (χ4v) is 5.87. The Kier molecular flexibility index (Phi) is 8.92. The maximum absolute atomic E-state index is 12.8. The summed E-state index contributed by atoms with van der Waals surface area (Å²) in [6.45, 7) is 6.37. The van der Waals surface area contributed by atoms with Crippen LogP contribution < -0.4 is 20.1 Å². The standard InChI is InChI=1S/C31H34N6O5S/c1-31(2,3)42-30(39)36-14-5-4-6-22(36)19-40-27-17-25-24(16-20(27)18-32)26(11-12-34-25)41-23-9-7-21(8-10-23)37(28(33)38)29-35-13-15-43-29/h7-13,16-17,22,29H,4-6,14-15,19H2,1-3H3,(H2,33,38). The van der Waals surface area contributed by atoms with Gasteiger partial charge in [-0.2, -0.15) is 5.26 Å². The molecule has 2 aromatic carbocycles. The van der Waals surface area contributed by atoms with E-state index in [9.17, 15) is 14.9 Å². The van der Waals surface area contributed by atoms with Gasteiger partial charge in [0.1, 0.15) is 35.5 Å². The van der Waals surface area contributed by atoms with Gasteiger partial charge in [-0.3, -0.25) is 14.9 Å². The van der Waals surface area contributed by atoms with Crippen LogP contribution in [0.4, 0.5) is 15.3 Å². The van der Waals surface area contributed by atoms with Crippen molar-refractivity contribution in [1.82, 2.24) is 9.88 Å². The third-order valence-corrected chi connectivity index (χ3v) is 7.94. The maximum atomic E-state index is 12.8. The van der Waals surface area contributed by atoms with E-state index in [2.05, 4.69) is 16.0 Å². The predicted octanol–water partition coefficient (Wildman–Crippen LogP) is 6.05. The third-order valence-electron chi connectivity index (χ3n) is 6.96. The number of nitriles is 1. The number of hydrogen-bond donors (Lipinski definition) is 1. The minimum atomic E-state index is -0.590. The number of carbonyl (C=O) groups is 2. The number of hydrogen-bond acceptors (Lipinski definition) is 9. The van der Waals surface area contributed by atoms with Crippen molar-refractivity contribution >= 4 is 46.7 Å². The highest BCUT2D eigenvalue weighted by Gasteiger charge is 2.31. The number of pyridine rings is 1. The van der Waals surface area contributed by atoms with Crippen LogP contribution in [0, 0.1) is 11.3 Å². The van der Waals surface area contributed by atoms with Gasteiger partial charge in [-0.1, -0.05) is 0 Å². The van der Waals surface area contributed by atoms with Gasteiger partial charge in [0.15, 0.2) is 5.50 Å². The van der Waals surface area contributed by atoms with Crippen LogP contribution in [0.15, 0.2) is 53.7 Å². The molecule has 1 aromatic heterocycles. The minimum Gasteiger partial charge on any atom is -0.490 e. The zero-order valence-electron chi connectivity index (χ0n) is 24.4. The van der Waals surface area contributed by atoms with Crippen LogP contribution in [0.2, 0.25) is 0 Å². The van der Waals surface area contributed by atoms with E-state index in [4.69, 9.17) is 19.9 Å². The van der Waals surface area contributed by atoms with E-state index in [0.717, 1.165) is 19.3 Å². The number of urea groups is 1. The van der Waals surface area contributed by atoms with Gasteiger partial charge < -0.3 is 24.8 Å². The molecule has 1 fully saturated rings. The molecular weight excluding hydrogens is 568 g/mol. The Morgan fingerprint density at radius 1 is 1.16 bits per heavy atom. The summed E-state index contributed by atoms with van der Waals surface area (Å²) in [4.78, 5) is 36.8. The fraction of sp³-hybridized carbons (Fsp3) is 0.387. The molecule has 0 aliphatic carbocycles. The molecule has 2 aliphatic rings. The van der Waals surface area contributed by atoms with Crippen molar-refractivity contribution in [2.75, 3.05) is 23.8 Å². The molecule has 0 bridgehead atoms. The van der Waals surface area contributed by atoms with Gasteiger partial charge >= 0.3 is 12.1 Å². The number of aromatic nitrogens is 1. The quantitative estimate of drug-likeness (QED) is 0.344. The monoisotopic (exact) mass is 602 g/mol. The molecule has 224 valence electrons. The largest absolute Gasteiger partial charge is 0.490 e. The average Bonchev–Trinajstić information content (AvgIpc) is 3.50. The first-order valence-electron chi connectivity index (χ1n) is 14.1. The first kappa shape index (κ1) is 30.0. The van der Waals surface area contributed by atoms with Gasteiger partial charge in [0, 0.05) is 41.8 Å². The van der Waals surface area contributed by atoms with E-state index in [1.165, 1.54) is 16.7 Å². The molecule has 3 aromatic rings. The van der Waals surface area contributed by atoms with Crippen LogP contribution in [-0.4, -0.2) is 64.3 Å². The number of aliphatic imine (C=N–C) groups is 1. The molecule has 5 rings (SSSR count). The molecule has 12 heteroatoms. The molecule has 0 spiro atoms. The molecule has 2 atom stereocenters. The molecule has 1 saturated heterocycles. The van der Waals surface area contributed by atoms with Crippen LogP contribution >= 0.6 is 11.8 Å². The topological polar surface area (TPSA) is 143 Å². The zero-order valence-corrected chi connectivity index (χ0v) is 25.2. The second-order valence-corrected chi connectivity index (χ2v) is 12.3. The molecule has 0 radical (unpaired) electrons. The van der Waals surface area contributed by atoms with Crippen LogP contribution in [0.25, 0.3) is 10.9 Å². The van der Waals surface area contributed by atoms with E-state index >= 15 is 0 Å². The Bertz CT molecular complexity index is 1570. The van der Waals surface area contributed by atoms with Gasteiger partial charge in [0.05, 0.1) is 17.1 Å². The number of primary amides is 1. The number of fused-ring (bicyclic) bond motifs is 1. The molecule has 3 amide bonds. The number of amides is 3. The second-order valence-electron chi connectivity index (χ2n) is 11.2. The number of benzene rings is 2. The summed E-state index contributed by atoms with van der Waals surface area (Å²) in [5, 5.41) is 10.6. The van der Waals surface area contributed by atoms with Crippen molar-refractivity contribution in [1.29, 1.82) is 5.26 Å². The molecular formula is C31H34N6O5S. The number of anilines is 1. The van der Waals surface area contributed by atoms with Crippen molar-refractivity contribution in [3.05, 3.63) is 54.2 Å². The Hall–Kier alpha value is -4.50. The highest BCUT2D eigenvalue weighted by molar-refractivity contribution is 8.00. The first-order chi connectivity index (χ1) is 20.6. The fourth-order valence-electron chi connectivity index (χ4n) is 4.98. The number of rotatable bonds is 7. The molecule has 2 N–H and O–H groups in total. The number of nitrogens with zero attached hydrogens (tertiary/aromatic N) is 5. The van der Waals surface area contributed by atoms with Crippen molar-refractivity contribution in [3.8, 4) is 23.3 Å². The Morgan fingerprint density at radius 2 is 1.95 bits per heavy atom. The zero-order chi connectivity index (χ0) is 30.6. The van der Waals surface area contributed by atoms with Crippen molar-refractivity contribution in [3.63, 3.8) is 0 Å². The first-order valence-corrected chi connectivity index (χ1v) is 15.1. The third kappa shape index (κ3) is 7.11. The molecule has 43 heavy (non-hydrogen) atoms. The molecule has 3 heterocycles. The average molecular weight is 603 g/mol. The number of carbonyl (C=O) groups excluding carboxylic acids is 2. The number of ether oxygens (including phenoxy) is 3.